The second-order valence-electron chi connectivity index (χ2n) is 7.62. The van der Waals surface area contributed by atoms with E-state index in [2.05, 4.69) is 21.8 Å². The highest BCUT2D eigenvalue weighted by Crippen LogP contribution is 2.27. The van der Waals surface area contributed by atoms with Crippen LogP contribution in [0.25, 0.3) is 0 Å². The summed E-state index contributed by atoms with van der Waals surface area (Å²) in [5.41, 5.74) is 2.17. The summed E-state index contributed by atoms with van der Waals surface area (Å²) in [4.78, 5) is 2.63. The average Bonchev–Trinajstić information content (AvgIpc) is 3.35. The minimum absolute atomic E-state index is 0.0482. The van der Waals surface area contributed by atoms with Crippen molar-refractivity contribution in [3.63, 3.8) is 0 Å². The Morgan fingerprint density at radius 2 is 1.89 bits per heavy atom. The van der Waals surface area contributed by atoms with Crippen LogP contribution in [-0.2, 0) is 16.6 Å². The molecule has 1 N–H and O–H groups in total. The van der Waals surface area contributed by atoms with Gasteiger partial charge in [0.25, 0.3) is 0 Å². The third-order valence-corrected chi connectivity index (χ3v) is 6.57. The lowest BCUT2D eigenvalue weighted by atomic mass is 10.2. The van der Waals surface area contributed by atoms with Crippen LogP contribution >= 0.6 is 0 Å². The highest BCUT2D eigenvalue weighted by atomic mass is 32.2. The van der Waals surface area contributed by atoms with E-state index >= 15 is 0 Å². The first-order valence-electron chi connectivity index (χ1n) is 9.55. The van der Waals surface area contributed by atoms with Crippen LogP contribution in [0.1, 0.15) is 30.4 Å². The molecule has 2 aliphatic rings. The van der Waals surface area contributed by atoms with Crippen LogP contribution < -0.4 is 9.46 Å². The summed E-state index contributed by atoms with van der Waals surface area (Å²) >= 11 is 0. The van der Waals surface area contributed by atoms with E-state index in [1.807, 2.05) is 25.1 Å². The van der Waals surface area contributed by atoms with Crippen molar-refractivity contribution in [2.24, 2.45) is 0 Å². The molecule has 1 aliphatic carbocycles. The summed E-state index contributed by atoms with van der Waals surface area (Å²) in [5.74, 6) is 0.937. The predicted octanol–water partition coefficient (Wildman–Crippen LogP) is 3.09. The summed E-state index contributed by atoms with van der Waals surface area (Å²) in [6.45, 7) is 4.34. The fourth-order valence-corrected chi connectivity index (χ4v) is 4.82. The van der Waals surface area contributed by atoms with Crippen LogP contribution in [0.5, 0.6) is 5.75 Å². The molecule has 1 saturated carbocycles. The topological polar surface area (TPSA) is 58.6 Å². The Balaban J connectivity index is 1.31. The summed E-state index contributed by atoms with van der Waals surface area (Å²) < 4.78 is 33.8. The minimum atomic E-state index is -3.47. The number of ether oxygens (including phenoxy) is 1. The molecule has 0 radical (unpaired) electrons. The number of sulfonamides is 1. The lowest BCUT2D eigenvalue weighted by Gasteiger charge is -2.17. The zero-order chi connectivity index (χ0) is 18.9. The first-order chi connectivity index (χ1) is 13.0. The fourth-order valence-electron chi connectivity index (χ4n) is 3.45. The third kappa shape index (κ3) is 4.89. The van der Waals surface area contributed by atoms with E-state index in [0.29, 0.717) is 11.0 Å². The van der Waals surface area contributed by atoms with E-state index in [9.17, 15) is 8.42 Å². The van der Waals surface area contributed by atoms with Gasteiger partial charge in [-0.05, 0) is 61.6 Å². The van der Waals surface area contributed by atoms with Crippen molar-refractivity contribution in [3.05, 3.63) is 59.7 Å². The zero-order valence-corrected chi connectivity index (χ0v) is 16.4. The highest BCUT2D eigenvalue weighted by molar-refractivity contribution is 7.89. The molecule has 0 aromatic heterocycles. The van der Waals surface area contributed by atoms with E-state index in [4.69, 9.17) is 4.74 Å². The van der Waals surface area contributed by atoms with Crippen molar-refractivity contribution in [2.45, 2.75) is 49.8 Å². The number of rotatable bonds is 7. The molecule has 27 heavy (non-hydrogen) atoms. The van der Waals surface area contributed by atoms with E-state index in [1.165, 1.54) is 5.56 Å². The molecule has 1 atom stereocenters. The molecular weight excluding hydrogens is 360 g/mol. The van der Waals surface area contributed by atoms with Crippen LogP contribution in [-0.4, -0.2) is 38.6 Å². The standard InChI is InChI=1S/C21H26N2O3S/c1-16-3-2-4-21(13-16)27(24,25)22-18-11-12-23(15-18)14-17-5-7-19(8-6-17)26-20-9-10-20/h2-8,13,18,20,22H,9-12,14-15H2,1H3/t18-/m1/s1. The molecule has 4 rings (SSSR count). The maximum Gasteiger partial charge on any atom is 0.240 e. The van der Waals surface area contributed by atoms with Gasteiger partial charge in [0.05, 0.1) is 11.0 Å². The van der Waals surface area contributed by atoms with E-state index in [1.54, 1.807) is 18.2 Å². The Hall–Kier alpha value is -1.89. The summed E-state index contributed by atoms with van der Waals surface area (Å²) in [5, 5.41) is 0. The molecule has 2 aromatic rings. The Bertz CT molecular complexity index is 892. The van der Waals surface area contributed by atoms with Crippen molar-refractivity contribution >= 4 is 10.0 Å². The molecule has 1 aliphatic heterocycles. The molecule has 2 aromatic carbocycles. The van der Waals surface area contributed by atoms with Gasteiger partial charge in [0.1, 0.15) is 5.75 Å². The maximum atomic E-state index is 12.6. The molecule has 144 valence electrons. The van der Waals surface area contributed by atoms with Crippen molar-refractivity contribution in [2.75, 3.05) is 13.1 Å². The Kier molecular flexibility index (Phi) is 5.21. The SMILES string of the molecule is Cc1cccc(S(=O)(=O)N[C@@H]2CCN(Cc3ccc(OC4CC4)cc3)C2)c1. The number of likely N-dealkylation sites (tertiary alicyclic amines) is 1. The average molecular weight is 387 g/mol. The maximum absolute atomic E-state index is 12.6. The Morgan fingerprint density at radius 3 is 2.59 bits per heavy atom. The second-order valence-corrected chi connectivity index (χ2v) is 9.33. The quantitative estimate of drug-likeness (QED) is 0.794. The van der Waals surface area contributed by atoms with E-state index < -0.39 is 10.0 Å². The Morgan fingerprint density at radius 1 is 1.11 bits per heavy atom. The number of nitrogens with zero attached hydrogens (tertiary/aromatic N) is 1. The molecule has 0 amide bonds. The molecule has 0 unspecified atom stereocenters. The van der Waals surface area contributed by atoms with Crippen LogP contribution in [0.15, 0.2) is 53.4 Å². The molecule has 6 heteroatoms. The largest absolute Gasteiger partial charge is 0.490 e. The molecule has 2 fully saturated rings. The molecule has 1 heterocycles. The number of benzene rings is 2. The highest BCUT2D eigenvalue weighted by Gasteiger charge is 2.27. The van der Waals surface area contributed by atoms with Gasteiger partial charge < -0.3 is 4.74 Å². The van der Waals surface area contributed by atoms with Crippen molar-refractivity contribution in [1.82, 2.24) is 9.62 Å². The van der Waals surface area contributed by atoms with Crippen molar-refractivity contribution in [3.8, 4) is 5.75 Å². The fraction of sp³-hybridized carbons (Fsp3) is 0.429. The number of aryl methyl sites for hydroxylation is 1. The lowest BCUT2D eigenvalue weighted by molar-refractivity contribution is 0.302. The summed E-state index contributed by atoms with van der Waals surface area (Å²) in [7, 11) is -3.47. The van der Waals surface area contributed by atoms with E-state index in [0.717, 1.165) is 50.2 Å². The zero-order valence-electron chi connectivity index (χ0n) is 15.6. The van der Waals surface area contributed by atoms with Gasteiger partial charge in [-0.25, -0.2) is 13.1 Å². The van der Waals surface area contributed by atoms with Gasteiger partial charge in [-0.15, -0.1) is 0 Å². The lowest BCUT2D eigenvalue weighted by Crippen LogP contribution is -2.37. The summed E-state index contributed by atoms with van der Waals surface area (Å²) in [6.07, 6.45) is 3.56. The van der Waals surface area contributed by atoms with E-state index in [-0.39, 0.29) is 6.04 Å². The number of nitrogens with one attached hydrogen (secondary N) is 1. The van der Waals surface area contributed by atoms with Crippen LogP contribution in [0.3, 0.4) is 0 Å². The second kappa shape index (κ2) is 7.62. The number of hydrogen-bond donors (Lipinski definition) is 1. The van der Waals surface area contributed by atoms with Crippen LogP contribution in [0.2, 0.25) is 0 Å². The monoisotopic (exact) mass is 386 g/mol. The van der Waals surface area contributed by atoms with Gasteiger partial charge in [0, 0.05) is 25.7 Å². The smallest absolute Gasteiger partial charge is 0.240 e. The third-order valence-electron chi connectivity index (χ3n) is 5.05. The van der Waals surface area contributed by atoms with Gasteiger partial charge in [0.15, 0.2) is 0 Å². The van der Waals surface area contributed by atoms with Gasteiger partial charge in [-0.1, -0.05) is 24.3 Å². The minimum Gasteiger partial charge on any atom is -0.490 e. The molecule has 0 bridgehead atoms. The first-order valence-corrected chi connectivity index (χ1v) is 11.0. The Labute approximate surface area is 161 Å². The number of hydrogen-bond acceptors (Lipinski definition) is 4. The predicted molar refractivity (Wildman–Crippen MR) is 105 cm³/mol. The van der Waals surface area contributed by atoms with Crippen LogP contribution in [0, 0.1) is 6.92 Å². The van der Waals surface area contributed by atoms with Crippen molar-refractivity contribution < 1.29 is 13.2 Å². The van der Waals surface area contributed by atoms with Crippen LogP contribution in [0.4, 0.5) is 0 Å². The molecule has 1 saturated heterocycles. The van der Waals surface area contributed by atoms with Gasteiger partial charge in [-0.3, -0.25) is 4.90 Å². The van der Waals surface area contributed by atoms with Gasteiger partial charge in [-0.2, -0.15) is 0 Å². The van der Waals surface area contributed by atoms with Gasteiger partial charge in [0.2, 0.25) is 10.0 Å². The summed E-state index contributed by atoms with van der Waals surface area (Å²) in [6, 6.07) is 15.2. The van der Waals surface area contributed by atoms with Gasteiger partial charge >= 0.3 is 0 Å². The normalized spacial score (nSPS) is 20.7. The molecule has 0 spiro atoms. The molecular formula is C21H26N2O3S. The van der Waals surface area contributed by atoms with Crippen molar-refractivity contribution in [1.29, 1.82) is 0 Å². The first kappa shape index (κ1) is 18.5. The molecule has 5 nitrogen and oxygen atoms in total.